The maximum absolute atomic E-state index is 11.7. The van der Waals surface area contributed by atoms with Gasteiger partial charge in [-0.2, -0.15) is 0 Å². The van der Waals surface area contributed by atoms with Crippen LogP contribution in [0.1, 0.15) is 31.9 Å². The Balaban J connectivity index is 2.71. The number of carbonyl (C=O) groups excluding carboxylic acids is 1. The Hall–Kier alpha value is -1.11. The molecule has 0 amide bonds. The van der Waals surface area contributed by atoms with E-state index in [1.807, 2.05) is 45.0 Å². The third kappa shape index (κ3) is 2.99. The van der Waals surface area contributed by atoms with E-state index in [1.54, 1.807) is 0 Å². The van der Waals surface area contributed by atoms with E-state index in [4.69, 9.17) is 0 Å². The highest BCUT2D eigenvalue weighted by molar-refractivity contribution is 5.85. The molecule has 76 valence electrons. The molecule has 0 aromatic heterocycles. The standard InChI is InChI=1S/C13H18O/c1-10-5-7-11(8-6-10)9-12(14)13(2,3)4/h5-8H,9H2,1-4H3. The van der Waals surface area contributed by atoms with Gasteiger partial charge >= 0.3 is 0 Å². The summed E-state index contributed by atoms with van der Waals surface area (Å²) in [5.41, 5.74) is 2.11. The molecular formula is C13H18O. The zero-order valence-corrected chi connectivity index (χ0v) is 9.42. The fourth-order valence-electron chi connectivity index (χ4n) is 1.16. The summed E-state index contributed by atoms with van der Waals surface area (Å²) < 4.78 is 0. The highest BCUT2D eigenvalue weighted by atomic mass is 16.1. The molecule has 0 saturated carbocycles. The van der Waals surface area contributed by atoms with E-state index in [9.17, 15) is 4.79 Å². The normalized spacial score (nSPS) is 11.4. The van der Waals surface area contributed by atoms with Crippen LogP contribution in [0.2, 0.25) is 0 Å². The van der Waals surface area contributed by atoms with Gasteiger partial charge in [0.15, 0.2) is 0 Å². The van der Waals surface area contributed by atoms with E-state index in [2.05, 4.69) is 6.92 Å². The van der Waals surface area contributed by atoms with Gasteiger partial charge in [0.2, 0.25) is 0 Å². The summed E-state index contributed by atoms with van der Waals surface area (Å²) >= 11 is 0. The molecule has 0 radical (unpaired) electrons. The lowest BCUT2D eigenvalue weighted by atomic mass is 9.87. The molecule has 0 spiro atoms. The van der Waals surface area contributed by atoms with Crippen molar-refractivity contribution in [3.63, 3.8) is 0 Å². The number of benzene rings is 1. The van der Waals surface area contributed by atoms with Crippen LogP contribution >= 0.6 is 0 Å². The molecule has 1 aromatic carbocycles. The first-order valence-electron chi connectivity index (χ1n) is 4.98. The SMILES string of the molecule is Cc1ccc(CC(=O)C(C)(C)C)cc1. The molecule has 14 heavy (non-hydrogen) atoms. The monoisotopic (exact) mass is 190 g/mol. The molecule has 0 atom stereocenters. The molecule has 0 bridgehead atoms. The molecule has 0 aliphatic rings. The van der Waals surface area contributed by atoms with E-state index in [0.717, 1.165) is 5.56 Å². The molecule has 1 aromatic rings. The maximum Gasteiger partial charge on any atom is 0.142 e. The highest BCUT2D eigenvalue weighted by Gasteiger charge is 2.20. The van der Waals surface area contributed by atoms with Gasteiger partial charge in [0.05, 0.1) is 0 Å². The molecule has 0 aliphatic heterocycles. The minimum Gasteiger partial charge on any atom is -0.299 e. The van der Waals surface area contributed by atoms with E-state index < -0.39 is 0 Å². The van der Waals surface area contributed by atoms with E-state index in [0.29, 0.717) is 12.2 Å². The first kappa shape index (κ1) is 11.0. The van der Waals surface area contributed by atoms with Crippen LogP contribution in [-0.2, 0) is 11.2 Å². The van der Waals surface area contributed by atoms with Crippen molar-refractivity contribution < 1.29 is 4.79 Å². The van der Waals surface area contributed by atoms with Crippen LogP contribution in [0, 0.1) is 12.3 Å². The summed E-state index contributed by atoms with van der Waals surface area (Å²) in [6.45, 7) is 7.94. The summed E-state index contributed by atoms with van der Waals surface area (Å²) in [7, 11) is 0. The van der Waals surface area contributed by atoms with Crippen LogP contribution in [0.4, 0.5) is 0 Å². The molecule has 1 nitrogen and oxygen atoms in total. The predicted molar refractivity (Wildman–Crippen MR) is 59.3 cm³/mol. The van der Waals surface area contributed by atoms with Crippen molar-refractivity contribution in [1.82, 2.24) is 0 Å². The number of hydrogen-bond acceptors (Lipinski definition) is 1. The van der Waals surface area contributed by atoms with Gasteiger partial charge in [-0.3, -0.25) is 4.79 Å². The number of carbonyl (C=O) groups is 1. The van der Waals surface area contributed by atoms with E-state index in [1.165, 1.54) is 5.56 Å². The van der Waals surface area contributed by atoms with Gasteiger partial charge in [0.25, 0.3) is 0 Å². The molecule has 1 heteroatoms. The first-order valence-corrected chi connectivity index (χ1v) is 4.98. The van der Waals surface area contributed by atoms with Crippen molar-refractivity contribution in [1.29, 1.82) is 0 Å². The fourth-order valence-corrected chi connectivity index (χ4v) is 1.16. The zero-order chi connectivity index (χ0) is 10.8. The van der Waals surface area contributed by atoms with Gasteiger partial charge < -0.3 is 0 Å². The largest absolute Gasteiger partial charge is 0.299 e. The van der Waals surface area contributed by atoms with Crippen molar-refractivity contribution in [3.05, 3.63) is 35.4 Å². The van der Waals surface area contributed by atoms with Gasteiger partial charge in [-0.25, -0.2) is 0 Å². The maximum atomic E-state index is 11.7. The highest BCUT2D eigenvalue weighted by Crippen LogP contribution is 2.17. The molecule has 1 rings (SSSR count). The van der Waals surface area contributed by atoms with Crippen LogP contribution in [0.5, 0.6) is 0 Å². The van der Waals surface area contributed by atoms with Crippen LogP contribution in [0.25, 0.3) is 0 Å². The Morgan fingerprint density at radius 2 is 1.64 bits per heavy atom. The van der Waals surface area contributed by atoms with Crippen molar-refractivity contribution in [2.24, 2.45) is 5.41 Å². The molecule has 0 saturated heterocycles. The average Bonchev–Trinajstić information content (AvgIpc) is 2.07. The van der Waals surface area contributed by atoms with E-state index >= 15 is 0 Å². The van der Waals surface area contributed by atoms with Crippen LogP contribution in [-0.4, -0.2) is 5.78 Å². The Kier molecular flexibility index (Phi) is 3.10. The van der Waals surface area contributed by atoms with Crippen LogP contribution in [0.3, 0.4) is 0 Å². The smallest absolute Gasteiger partial charge is 0.142 e. The van der Waals surface area contributed by atoms with Gasteiger partial charge in [-0.15, -0.1) is 0 Å². The van der Waals surface area contributed by atoms with Gasteiger partial charge in [-0.1, -0.05) is 50.6 Å². The lowest BCUT2D eigenvalue weighted by Gasteiger charge is -2.16. The Bertz CT molecular complexity index is 314. The minimum atomic E-state index is -0.231. The Labute approximate surface area is 86.1 Å². The van der Waals surface area contributed by atoms with Crippen molar-refractivity contribution in [2.75, 3.05) is 0 Å². The topological polar surface area (TPSA) is 17.1 Å². The predicted octanol–water partition coefficient (Wildman–Crippen LogP) is 3.15. The second-order valence-corrected chi connectivity index (χ2v) is 4.84. The van der Waals surface area contributed by atoms with Crippen molar-refractivity contribution >= 4 is 5.78 Å². The number of aryl methyl sites for hydroxylation is 1. The Morgan fingerprint density at radius 1 is 1.14 bits per heavy atom. The summed E-state index contributed by atoms with van der Waals surface area (Å²) in [4.78, 5) is 11.7. The van der Waals surface area contributed by atoms with Gasteiger partial charge in [0, 0.05) is 11.8 Å². The fraction of sp³-hybridized carbons (Fsp3) is 0.462. The molecule has 0 aliphatic carbocycles. The van der Waals surface area contributed by atoms with Crippen LogP contribution < -0.4 is 0 Å². The molecule has 0 N–H and O–H groups in total. The second kappa shape index (κ2) is 3.95. The number of hydrogen-bond donors (Lipinski definition) is 0. The van der Waals surface area contributed by atoms with Crippen molar-refractivity contribution in [2.45, 2.75) is 34.1 Å². The number of Topliss-reactive ketones (excluding diaryl/α,β-unsaturated/α-hetero) is 1. The quantitative estimate of drug-likeness (QED) is 0.700. The average molecular weight is 190 g/mol. The molecular weight excluding hydrogens is 172 g/mol. The lowest BCUT2D eigenvalue weighted by Crippen LogP contribution is -2.21. The lowest BCUT2D eigenvalue weighted by molar-refractivity contribution is -0.125. The third-order valence-corrected chi connectivity index (χ3v) is 2.32. The summed E-state index contributed by atoms with van der Waals surface area (Å²) in [5.74, 6) is 0.293. The van der Waals surface area contributed by atoms with Gasteiger partial charge in [-0.05, 0) is 12.5 Å². The Morgan fingerprint density at radius 3 is 2.07 bits per heavy atom. The first-order chi connectivity index (χ1) is 6.39. The molecule has 0 fully saturated rings. The molecule has 0 heterocycles. The van der Waals surface area contributed by atoms with E-state index in [-0.39, 0.29) is 5.41 Å². The van der Waals surface area contributed by atoms with Crippen molar-refractivity contribution in [3.8, 4) is 0 Å². The number of rotatable bonds is 2. The summed E-state index contributed by atoms with van der Waals surface area (Å²) in [6, 6.07) is 8.15. The van der Waals surface area contributed by atoms with Crippen LogP contribution in [0.15, 0.2) is 24.3 Å². The summed E-state index contributed by atoms with van der Waals surface area (Å²) in [5, 5.41) is 0. The number of ketones is 1. The summed E-state index contributed by atoms with van der Waals surface area (Å²) in [6.07, 6.45) is 0.545. The molecule has 0 unspecified atom stereocenters. The second-order valence-electron chi connectivity index (χ2n) is 4.84. The van der Waals surface area contributed by atoms with Gasteiger partial charge in [0.1, 0.15) is 5.78 Å². The third-order valence-electron chi connectivity index (χ3n) is 2.32. The minimum absolute atomic E-state index is 0.231. The zero-order valence-electron chi connectivity index (χ0n) is 9.42.